The molecule has 0 amide bonds. The highest BCUT2D eigenvalue weighted by molar-refractivity contribution is 7.09. The van der Waals surface area contributed by atoms with Crippen molar-refractivity contribution in [3.63, 3.8) is 0 Å². The van der Waals surface area contributed by atoms with E-state index < -0.39 is 0 Å². The Morgan fingerprint density at radius 2 is 1.65 bits per heavy atom. The summed E-state index contributed by atoms with van der Waals surface area (Å²) < 4.78 is 1.89. The van der Waals surface area contributed by atoms with Gasteiger partial charge in [-0.1, -0.05) is 66.7 Å². The average Bonchev–Trinajstić information content (AvgIpc) is 3.31. The third kappa shape index (κ3) is 3.99. The van der Waals surface area contributed by atoms with E-state index in [1.165, 1.54) is 4.88 Å². The maximum atomic E-state index is 13.9. The number of aromatic nitrogens is 2. The lowest BCUT2D eigenvalue weighted by atomic mass is 9.97. The quantitative estimate of drug-likeness (QED) is 0.459. The Kier molecular flexibility index (Phi) is 5.53. The lowest BCUT2D eigenvalue weighted by Crippen LogP contribution is -2.40. The first kappa shape index (κ1) is 19.9. The summed E-state index contributed by atoms with van der Waals surface area (Å²) in [6, 6.07) is 24.5. The van der Waals surface area contributed by atoms with Crippen LogP contribution >= 0.6 is 11.3 Å². The zero-order valence-electron chi connectivity index (χ0n) is 17.6. The van der Waals surface area contributed by atoms with E-state index in [-0.39, 0.29) is 11.6 Å². The summed E-state index contributed by atoms with van der Waals surface area (Å²) in [5.41, 5.74) is 4.06. The largest absolute Gasteiger partial charge is 0.293 e. The monoisotopic (exact) mass is 427 g/mol. The van der Waals surface area contributed by atoms with Gasteiger partial charge in [0.15, 0.2) is 0 Å². The van der Waals surface area contributed by atoms with E-state index in [2.05, 4.69) is 46.7 Å². The second kappa shape index (κ2) is 8.61. The Labute approximate surface area is 186 Å². The van der Waals surface area contributed by atoms with Crippen LogP contribution in [0.4, 0.5) is 0 Å². The van der Waals surface area contributed by atoms with Crippen LogP contribution in [0.25, 0.3) is 0 Å². The van der Waals surface area contributed by atoms with Gasteiger partial charge in [-0.05, 0) is 29.5 Å². The minimum Gasteiger partial charge on any atom is -0.293 e. The van der Waals surface area contributed by atoms with Gasteiger partial charge in [0.1, 0.15) is 5.82 Å². The molecule has 0 fully saturated rings. The average molecular weight is 428 g/mol. The lowest BCUT2D eigenvalue weighted by Gasteiger charge is -2.30. The van der Waals surface area contributed by atoms with Gasteiger partial charge in [0.2, 0.25) is 0 Å². The molecule has 0 aliphatic carbocycles. The zero-order chi connectivity index (χ0) is 21.2. The molecule has 4 aromatic rings. The zero-order valence-corrected chi connectivity index (χ0v) is 18.4. The summed E-state index contributed by atoms with van der Waals surface area (Å²) in [5, 5.41) is 2.11. The second-order valence-corrected chi connectivity index (χ2v) is 9.06. The van der Waals surface area contributed by atoms with E-state index in [0.717, 1.165) is 47.7 Å². The molecule has 5 rings (SSSR count). The first-order valence-electron chi connectivity index (χ1n) is 10.7. The number of nitrogens with zero attached hydrogens (tertiary/aromatic N) is 3. The number of thiophene rings is 1. The minimum atomic E-state index is -0.194. The van der Waals surface area contributed by atoms with Crippen LogP contribution in [0.2, 0.25) is 0 Å². The van der Waals surface area contributed by atoms with E-state index in [1.807, 2.05) is 47.9 Å². The van der Waals surface area contributed by atoms with E-state index in [4.69, 9.17) is 4.98 Å². The third-order valence-corrected chi connectivity index (χ3v) is 6.83. The van der Waals surface area contributed by atoms with Crippen LogP contribution in [0.3, 0.4) is 0 Å². The van der Waals surface area contributed by atoms with E-state index in [1.54, 1.807) is 11.3 Å². The van der Waals surface area contributed by atoms with E-state index >= 15 is 0 Å². The molecule has 1 aliphatic rings. The molecule has 1 aliphatic heterocycles. The van der Waals surface area contributed by atoms with Crippen molar-refractivity contribution >= 4 is 11.3 Å². The van der Waals surface area contributed by atoms with E-state index in [0.29, 0.717) is 6.54 Å². The molecule has 5 heteroatoms. The Balaban J connectivity index is 1.59. The van der Waals surface area contributed by atoms with Gasteiger partial charge in [-0.15, -0.1) is 11.3 Å². The summed E-state index contributed by atoms with van der Waals surface area (Å²) >= 11 is 1.77. The fourth-order valence-electron chi connectivity index (χ4n) is 4.49. The van der Waals surface area contributed by atoms with Gasteiger partial charge < -0.3 is 0 Å². The van der Waals surface area contributed by atoms with Crippen molar-refractivity contribution in [1.29, 1.82) is 0 Å². The maximum Gasteiger partial charge on any atom is 0.259 e. The molecular formula is C26H25N3OS. The molecule has 0 saturated heterocycles. The van der Waals surface area contributed by atoms with Gasteiger partial charge in [0.25, 0.3) is 5.56 Å². The SMILES string of the molecule is Cc1nc2c(c(=O)n1C(c1ccccc1)c1ccccc1)CN(Cc1cccs1)CC2. The van der Waals surface area contributed by atoms with Crippen LogP contribution < -0.4 is 5.56 Å². The van der Waals surface area contributed by atoms with Crippen LogP contribution in [-0.2, 0) is 19.5 Å². The Hall–Kier alpha value is -3.02. The molecule has 3 heterocycles. The highest BCUT2D eigenvalue weighted by atomic mass is 32.1. The normalized spacial score (nSPS) is 14.0. The number of fused-ring (bicyclic) bond motifs is 1. The topological polar surface area (TPSA) is 38.1 Å². The van der Waals surface area contributed by atoms with Gasteiger partial charge in [0.05, 0.1) is 17.3 Å². The smallest absolute Gasteiger partial charge is 0.259 e. The van der Waals surface area contributed by atoms with Crippen molar-refractivity contribution < 1.29 is 0 Å². The first-order chi connectivity index (χ1) is 15.2. The molecule has 0 saturated carbocycles. The lowest BCUT2D eigenvalue weighted by molar-refractivity contribution is 0.242. The molecule has 31 heavy (non-hydrogen) atoms. The molecule has 0 N–H and O–H groups in total. The van der Waals surface area contributed by atoms with Crippen molar-refractivity contribution in [3.05, 3.63) is 122 Å². The Morgan fingerprint density at radius 3 is 2.26 bits per heavy atom. The maximum absolute atomic E-state index is 13.9. The van der Waals surface area contributed by atoms with Gasteiger partial charge >= 0.3 is 0 Å². The van der Waals surface area contributed by atoms with Gasteiger partial charge in [0, 0.05) is 30.9 Å². The second-order valence-electron chi connectivity index (χ2n) is 8.02. The third-order valence-electron chi connectivity index (χ3n) is 5.97. The molecule has 0 atom stereocenters. The molecule has 156 valence electrons. The molecule has 2 aromatic carbocycles. The van der Waals surface area contributed by atoms with Crippen LogP contribution in [0, 0.1) is 6.92 Å². The number of hydrogen-bond acceptors (Lipinski definition) is 4. The summed E-state index contributed by atoms with van der Waals surface area (Å²) in [7, 11) is 0. The summed E-state index contributed by atoms with van der Waals surface area (Å²) in [4.78, 5) is 22.5. The van der Waals surface area contributed by atoms with Gasteiger partial charge in [-0.3, -0.25) is 14.3 Å². The Bertz CT molecular complexity index is 1180. The highest BCUT2D eigenvalue weighted by Crippen LogP contribution is 2.27. The van der Waals surface area contributed by atoms with Crippen LogP contribution in [0.1, 0.15) is 39.1 Å². The van der Waals surface area contributed by atoms with Crippen molar-refractivity contribution in [1.82, 2.24) is 14.5 Å². The standard InChI is InChI=1S/C26H25N3OS/c1-19-27-24-14-15-28(17-22-13-8-16-31-22)18-23(24)26(30)29(19)25(20-9-4-2-5-10-20)21-11-6-3-7-12-21/h2-13,16,25H,14-15,17-18H2,1H3. The summed E-state index contributed by atoms with van der Waals surface area (Å²) in [5.74, 6) is 0.771. The highest BCUT2D eigenvalue weighted by Gasteiger charge is 2.27. The molecule has 0 unspecified atom stereocenters. The fraction of sp³-hybridized carbons (Fsp3) is 0.231. The molecular weight excluding hydrogens is 402 g/mol. The molecule has 4 nitrogen and oxygen atoms in total. The molecule has 0 radical (unpaired) electrons. The van der Waals surface area contributed by atoms with Crippen LogP contribution in [-0.4, -0.2) is 21.0 Å². The van der Waals surface area contributed by atoms with E-state index in [9.17, 15) is 4.79 Å². The summed E-state index contributed by atoms with van der Waals surface area (Å²) in [6.45, 7) is 4.42. The van der Waals surface area contributed by atoms with Crippen LogP contribution in [0.5, 0.6) is 0 Å². The van der Waals surface area contributed by atoms with Gasteiger partial charge in [-0.2, -0.15) is 0 Å². The van der Waals surface area contributed by atoms with Crippen LogP contribution in [0.15, 0.2) is 83.0 Å². The fourth-order valence-corrected chi connectivity index (χ4v) is 5.23. The molecule has 2 aromatic heterocycles. The Morgan fingerprint density at radius 1 is 0.968 bits per heavy atom. The predicted molar refractivity (Wildman–Crippen MR) is 125 cm³/mol. The van der Waals surface area contributed by atoms with Crippen molar-refractivity contribution in [3.8, 4) is 0 Å². The first-order valence-corrected chi connectivity index (χ1v) is 11.5. The molecule has 0 spiro atoms. The van der Waals surface area contributed by atoms with Crippen molar-refractivity contribution in [2.45, 2.75) is 32.5 Å². The van der Waals surface area contributed by atoms with Gasteiger partial charge in [-0.25, -0.2) is 4.98 Å². The summed E-state index contributed by atoms with van der Waals surface area (Å²) in [6.07, 6.45) is 0.818. The number of aryl methyl sites for hydroxylation is 1. The molecule has 0 bridgehead atoms. The van der Waals surface area contributed by atoms with Crippen molar-refractivity contribution in [2.75, 3.05) is 6.54 Å². The number of benzene rings is 2. The number of rotatable bonds is 5. The van der Waals surface area contributed by atoms with Crippen molar-refractivity contribution in [2.24, 2.45) is 0 Å². The minimum absolute atomic E-state index is 0.0797. The predicted octanol–water partition coefficient (Wildman–Crippen LogP) is 4.81. The number of hydrogen-bond donors (Lipinski definition) is 0.